The van der Waals surface area contributed by atoms with Crippen LogP contribution in [0.5, 0.6) is 5.75 Å². The zero-order valence-electron chi connectivity index (χ0n) is 8.44. The number of aliphatic hydroxyl groups excluding tert-OH is 1. The number of aliphatic hydroxyl groups is 1. The molecule has 0 spiro atoms. The molecule has 1 heterocycles. The van der Waals surface area contributed by atoms with Gasteiger partial charge in [0.15, 0.2) is 0 Å². The van der Waals surface area contributed by atoms with Crippen LogP contribution >= 0.6 is 0 Å². The molecule has 0 saturated carbocycles. The second-order valence-electron chi connectivity index (χ2n) is 3.67. The van der Waals surface area contributed by atoms with Crippen LogP contribution in [0, 0.1) is 12.7 Å². The maximum Gasteiger partial charge on any atom is 0.150 e. The van der Waals surface area contributed by atoms with Crippen molar-refractivity contribution in [1.82, 2.24) is 0 Å². The van der Waals surface area contributed by atoms with Gasteiger partial charge in [-0.3, -0.25) is 0 Å². The summed E-state index contributed by atoms with van der Waals surface area (Å²) in [5.41, 5.74) is 0.843. The molecule has 0 bridgehead atoms. The Labute approximate surface area is 87.4 Å². The number of hydrogen-bond donors (Lipinski definition) is 1. The molecule has 0 unspecified atom stereocenters. The topological polar surface area (TPSA) is 38.7 Å². The summed E-state index contributed by atoms with van der Waals surface area (Å²) in [7, 11) is 0. The van der Waals surface area contributed by atoms with Gasteiger partial charge in [0.1, 0.15) is 23.8 Å². The van der Waals surface area contributed by atoms with Gasteiger partial charge in [-0.1, -0.05) is 6.07 Å². The molecule has 0 amide bonds. The molecule has 0 aromatic heterocycles. The fourth-order valence-electron chi connectivity index (χ4n) is 1.50. The van der Waals surface area contributed by atoms with Crippen molar-refractivity contribution >= 4 is 0 Å². The van der Waals surface area contributed by atoms with Crippen LogP contribution in [0.15, 0.2) is 18.2 Å². The Kier molecular flexibility index (Phi) is 2.88. The fourth-order valence-corrected chi connectivity index (χ4v) is 1.50. The van der Waals surface area contributed by atoms with Crippen LogP contribution in [-0.2, 0) is 4.74 Å². The summed E-state index contributed by atoms with van der Waals surface area (Å²) in [4.78, 5) is 0. The summed E-state index contributed by atoms with van der Waals surface area (Å²) in [5.74, 6) is 0.119. The van der Waals surface area contributed by atoms with E-state index < -0.39 is 12.2 Å². The van der Waals surface area contributed by atoms with Crippen LogP contribution in [-0.4, -0.2) is 30.5 Å². The largest absolute Gasteiger partial charge is 0.485 e. The van der Waals surface area contributed by atoms with Crippen molar-refractivity contribution < 1.29 is 19.0 Å². The van der Waals surface area contributed by atoms with E-state index in [2.05, 4.69) is 0 Å². The lowest BCUT2D eigenvalue weighted by Crippen LogP contribution is -2.30. The number of aryl methyl sites for hydroxylation is 1. The number of ether oxygens (including phenoxy) is 2. The average molecular weight is 212 g/mol. The zero-order chi connectivity index (χ0) is 10.8. The molecule has 82 valence electrons. The maximum absolute atomic E-state index is 12.9. The van der Waals surface area contributed by atoms with Crippen molar-refractivity contribution in [2.24, 2.45) is 0 Å². The van der Waals surface area contributed by atoms with E-state index in [9.17, 15) is 9.50 Å². The van der Waals surface area contributed by atoms with Crippen LogP contribution in [0.2, 0.25) is 0 Å². The van der Waals surface area contributed by atoms with Crippen molar-refractivity contribution in [3.05, 3.63) is 29.6 Å². The van der Waals surface area contributed by atoms with Gasteiger partial charge < -0.3 is 14.6 Å². The summed E-state index contributed by atoms with van der Waals surface area (Å²) in [6.07, 6.45) is -1.03. The highest BCUT2D eigenvalue weighted by molar-refractivity contribution is 5.33. The molecule has 3 nitrogen and oxygen atoms in total. The van der Waals surface area contributed by atoms with Gasteiger partial charge >= 0.3 is 0 Å². The second kappa shape index (κ2) is 4.16. The molecule has 1 aromatic rings. The first-order valence-electron chi connectivity index (χ1n) is 4.85. The molecule has 1 saturated heterocycles. The van der Waals surface area contributed by atoms with E-state index in [4.69, 9.17) is 9.47 Å². The number of rotatable bonds is 2. The predicted molar refractivity (Wildman–Crippen MR) is 52.4 cm³/mol. The highest BCUT2D eigenvalue weighted by Gasteiger charge is 2.28. The number of halogens is 1. The summed E-state index contributed by atoms with van der Waals surface area (Å²) in [6, 6.07) is 4.34. The van der Waals surface area contributed by atoms with E-state index in [1.165, 1.54) is 12.1 Å². The van der Waals surface area contributed by atoms with E-state index in [1.54, 1.807) is 6.07 Å². The van der Waals surface area contributed by atoms with E-state index in [0.29, 0.717) is 12.4 Å². The number of hydrogen-bond acceptors (Lipinski definition) is 3. The minimum Gasteiger partial charge on any atom is -0.485 e. The third-order valence-electron chi connectivity index (χ3n) is 2.43. The Bertz CT molecular complexity index is 354. The molecule has 1 aromatic carbocycles. The summed E-state index contributed by atoms with van der Waals surface area (Å²) >= 11 is 0. The van der Waals surface area contributed by atoms with Gasteiger partial charge in [0.2, 0.25) is 0 Å². The average Bonchev–Trinajstić information content (AvgIpc) is 2.58. The third-order valence-corrected chi connectivity index (χ3v) is 2.43. The van der Waals surface area contributed by atoms with Crippen LogP contribution in [0.25, 0.3) is 0 Å². The molecule has 4 heteroatoms. The van der Waals surface area contributed by atoms with Gasteiger partial charge in [0, 0.05) is 6.07 Å². The minimum absolute atomic E-state index is 0.277. The second-order valence-corrected chi connectivity index (χ2v) is 3.67. The Balaban J connectivity index is 2.12. The molecule has 1 fully saturated rings. The summed E-state index contributed by atoms with van der Waals surface area (Å²) in [6.45, 7) is 2.45. The Morgan fingerprint density at radius 3 is 2.93 bits per heavy atom. The molecular weight excluding hydrogens is 199 g/mol. The molecule has 1 aliphatic rings. The van der Waals surface area contributed by atoms with E-state index in [0.717, 1.165) is 5.56 Å². The van der Waals surface area contributed by atoms with Crippen LogP contribution in [0.3, 0.4) is 0 Å². The van der Waals surface area contributed by atoms with Gasteiger partial charge in [-0.2, -0.15) is 0 Å². The molecule has 2 atom stereocenters. The first kappa shape index (κ1) is 10.4. The SMILES string of the molecule is Cc1ccc(F)cc1O[C@@H]1COC[C@H]1O. The normalized spacial score (nSPS) is 25.5. The van der Waals surface area contributed by atoms with Crippen LogP contribution < -0.4 is 4.74 Å². The Morgan fingerprint density at radius 2 is 2.27 bits per heavy atom. The van der Waals surface area contributed by atoms with Gasteiger partial charge in [-0.05, 0) is 18.6 Å². The molecule has 1 N–H and O–H groups in total. The van der Waals surface area contributed by atoms with Gasteiger partial charge in [-0.15, -0.1) is 0 Å². The standard InChI is InChI=1S/C11H13FO3/c1-7-2-3-8(12)4-10(7)15-11-6-14-5-9(11)13/h2-4,9,11,13H,5-6H2,1H3/t9-,11-/m1/s1. The van der Waals surface area contributed by atoms with E-state index in [1.807, 2.05) is 6.92 Å². The fraction of sp³-hybridized carbons (Fsp3) is 0.455. The molecule has 0 aliphatic carbocycles. The van der Waals surface area contributed by atoms with Gasteiger partial charge in [0.25, 0.3) is 0 Å². The lowest BCUT2D eigenvalue weighted by Gasteiger charge is -2.16. The first-order chi connectivity index (χ1) is 7.16. The quantitative estimate of drug-likeness (QED) is 0.802. The van der Waals surface area contributed by atoms with E-state index >= 15 is 0 Å². The van der Waals surface area contributed by atoms with Crippen LogP contribution in [0.4, 0.5) is 4.39 Å². The summed E-state index contributed by atoms with van der Waals surface area (Å²) < 4.78 is 23.5. The Morgan fingerprint density at radius 1 is 1.47 bits per heavy atom. The molecule has 15 heavy (non-hydrogen) atoms. The monoisotopic (exact) mass is 212 g/mol. The van der Waals surface area contributed by atoms with Crippen molar-refractivity contribution in [3.63, 3.8) is 0 Å². The zero-order valence-corrected chi connectivity index (χ0v) is 8.44. The molecule has 1 aliphatic heterocycles. The van der Waals surface area contributed by atoms with Crippen molar-refractivity contribution in [1.29, 1.82) is 0 Å². The molecule has 0 radical (unpaired) electrons. The van der Waals surface area contributed by atoms with Gasteiger partial charge in [0.05, 0.1) is 13.2 Å². The molecule has 2 rings (SSSR count). The highest BCUT2D eigenvalue weighted by Crippen LogP contribution is 2.22. The van der Waals surface area contributed by atoms with Crippen molar-refractivity contribution in [2.45, 2.75) is 19.1 Å². The summed E-state index contributed by atoms with van der Waals surface area (Å²) in [5, 5.41) is 9.47. The molecular formula is C11H13FO3. The number of benzene rings is 1. The third kappa shape index (κ3) is 2.27. The predicted octanol–water partition coefficient (Wildman–Crippen LogP) is 1.27. The van der Waals surface area contributed by atoms with Gasteiger partial charge in [-0.25, -0.2) is 4.39 Å². The van der Waals surface area contributed by atoms with Crippen molar-refractivity contribution in [3.8, 4) is 5.75 Å². The lowest BCUT2D eigenvalue weighted by molar-refractivity contribution is 0.0727. The lowest BCUT2D eigenvalue weighted by atomic mass is 10.2. The van der Waals surface area contributed by atoms with Crippen molar-refractivity contribution in [2.75, 3.05) is 13.2 Å². The highest BCUT2D eigenvalue weighted by atomic mass is 19.1. The van der Waals surface area contributed by atoms with Crippen LogP contribution in [0.1, 0.15) is 5.56 Å². The first-order valence-corrected chi connectivity index (χ1v) is 4.85. The van der Waals surface area contributed by atoms with E-state index in [-0.39, 0.29) is 12.4 Å². The maximum atomic E-state index is 12.9. The smallest absolute Gasteiger partial charge is 0.150 e. The Hall–Kier alpha value is -1.13. The minimum atomic E-state index is -0.632.